The first-order valence-electron chi connectivity index (χ1n) is 8.48. The van der Waals surface area contributed by atoms with Gasteiger partial charge in [0.05, 0.1) is 11.7 Å². The van der Waals surface area contributed by atoms with Crippen molar-refractivity contribution in [2.24, 2.45) is 5.92 Å². The number of nitrogens with zero attached hydrogens (tertiary/aromatic N) is 2. The second-order valence-corrected chi connectivity index (χ2v) is 7.36. The van der Waals surface area contributed by atoms with Gasteiger partial charge in [0.25, 0.3) is 0 Å². The van der Waals surface area contributed by atoms with Crippen LogP contribution >= 0.6 is 11.8 Å². The van der Waals surface area contributed by atoms with Crippen molar-refractivity contribution >= 4 is 23.6 Å². The lowest BCUT2D eigenvalue weighted by atomic mass is 9.96. The Hall–Kier alpha value is -1.49. The van der Waals surface area contributed by atoms with E-state index in [-0.39, 0.29) is 17.7 Å². The van der Waals surface area contributed by atoms with Crippen molar-refractivity contribution in [2.75, 3.05) is 31.9 Å². The molecule has 0 spiro atoms. The Balaban J connectivity index is 1.51. The Morgan fingerprint density at radius 3 is 2.43 bits per heavy atom. The summed E-state index contributed by atoms with van der Waals surface area (Å²) >= 11 is 1.57. The minimum Gasteiger partial charge on any atom is -0.342 e. The van der Waals surface area contributed by atoms with Gasteiger partial charge in [0, 0.05) is 31.1 Å². The fourth-order valence-electron chi connectivity index (χ4n) is 3.35. The fourth-order valence-corrected chi connectivity index (χ4v) is 4.18. The molecule has 2 heterocycles. The third kappa shape index (κ3) is 4.28. The number of benzene rings is 1. The number of carbonyl (C=O) groups is 2. The maximum atomic E-state index is 12.5. The molecule has 0 N–H and O–H groups in total. The molecule has 1 atom stereocenters. The molecule has 2 fully saturated rings. The molecule has 1 unspecified atom stereocenters. The highest BCUT2D eigenvalue weighted by Gasteiger charge is 2.31. The number of hydrogen-bond donors (Lipinski definition) is 0. The van der Waals surface area contributed by atoms with Crippen LogP contribution in [-0.2, 0) is 9.59 Å². The summed E-state index contributed by atoms with van der Waals surface area (Å²) < 4.78 is 0. The predicted molar refractivity (Wildman–Crippen MR) is 92.3 cm³/mol. The van der Waals surface area contributed by atoms with Crippen molar-refractivity contribution in [1.29, 1.82) is 0 Å². The lowest BCUT2D eigenvalue weighted by molar-refractivity contribution is -0.139. The average Bonchev–Trinajstić information content (AvgIpc) is 3.14. The zero-order valence-corrected chi connectivity index (χ0v) is 14.3. The average molecular weight is 332 g/mol. The number of rotatable bonds is 4. The van der Waals surface area contributed by atoms with Crippen LogP contribution in [0.2, 0.25) is 0 Å². The molecule has 5 heteroatoms. The molecule has 1 aromatic rings. The van der Waals surface area contributed by atoms with Crippen molar-refractivity contribution in [3.8, 4) is 0 Å². The van der Waals surface area contributed by atoms with Crippen molar-refractivity contribution in [3.05, 3.63) is 30.3 Å². The van der Waals surface area contributed by atoms with Crippen molar-refractivity contribution in [2.45, 2.75) is 30.6 Å². The zero-order chi connectivity index (χ0) is 16.1. The lowest BCUT2D eigenvalue weighted by Crippen LogP contribution is -2.46. The predicted octanol–water partition coefficient (Wildman–Crippen LogP) is 2.64. The van der Waals surface area contributed by atoms with Gasteiger partial charge in [0.2, 0.25) is 11.8 Å². The molecule has 124 valence electrons. The van der Waals surface area contributed by atoms with E-state index in [1.807, 2.05) is 40.1 Å². The van der Waals surface area contributed by atoms with Gasteiger partial charge in [0.15, 0.2) is 0 Å². The van der Waals surface area contributed by atoms with E-state index in [2.05, 4.69) is 0 Å². The van der Waals surface area contributed by atoms with E-state index >= 15 is 0 Å². The first-order valence-corrected chi connectivity index (χ1v) is 9.47. The molecule has 2 saturated heterocycles. The molecular formula is C18H24N2O2S. The Labute approximate surface area is 142 Å². The summed E-state index contributed by atoms with van der Waals surface area (Å²) in [7, 11) is 0. The maximum absolute atomic E-state index is 12.5. The van der Waals surface area contributed by atoms with Crippen LogP contribution in [0, 0.1) is 5.92 Å². The van der Waals surface area contributed by atoms with Crippen LogP contribution in [0.15, 0.2) is 35.2 Å². The van der Waals surface area contributed by atoms with E-state index in [4.69, 9.17) is 0 Å². The number of thioether (sulfide) groups is 1. The topological polar surface area (TPSA) is 40.6 Å². The van der Waals surface area contributed by atoms with Crippen LogP contribution in [0.1, 0.15) is 25.7 Å². The van der Waals surface area contributed by atoms with Gasteiger partial charge >= 0.3 is 0 Å². The standard InChI is InChI=1S/C18H24N2O2S/c21-17(14-23-16-8-2-1-3-9-16)20-12-6-7-15(13-20)18(22)19-10-4-5-11-19/h1-3,8-9,15H,4-7,10-14H2. The SMILES string of the molecule is O=C(CSc1ccccc1)N1CCCC(C(=O)N2CCCC2)C1. The van der Waals surface area contributed by atoms with Crippen LogP contribution in [0.4, 0.5) is 0 Å². The van der Waals surface area contributed by atoms with E-state index in [1.54, 1.807) is 11.8 Å². The summed E-state index contributed by atoms with van der Waals surface area (Å²) in [6.45, 7) is 3.18. The molecule has 0 saturated carbocycles. The maximum Gasteiger partial charge on any atom is 0.232 e. The van der Waals surface area contributed by atoms with E-state index in [1.165, 1.54) is 0 Å². The van der Waals surface area contributed by atoms with E-state index in [9.17, 15) is 9.59 Å². The minimum absolute atomic E-state index is 0.00697. The monoisotopic (exact) mass is 332 g/mol. The number of likely N-dealkylation sites (tertiary alicyclic amines) is 2. The summed E-state index contributed by atoms with van der Waals surface area (Å²) in [6.07, 6.45) is 4.10. The highest BCUT2D eigenvalue weighted by molar-refractivity contribution is 8.00. The first kappa shape index (κ1) is 16.4. The molecule has 2 aliphatic rings. The third-order valence-electron chi connectivity index (χ3n) is 4.65. The van der Waals surface area contributed by atoms with Crippen molar-refractivity contribution in [1.82, 2.24) is 9.80 Å². The summed E-state index contributed by atoms with van der Waals surface area (Å²) in [5.41, 5.74) is 0. The van der Waals surface area contributed by atoms with Crippen LogP contribution in [0.5, 0.6) is 0 Å². The second-order valence-electron chi connectivity index (χ2n) is 6.31. The first-order chi connectivity index (χ1) is 11.2. The van der Waals surface area contributed by atoms with E-state index in [0.717, 1.165) is 50.2 Å². The molecule has 23 heavy (non-hydrogen) atoms. The molecule has 0 bridgehead atoms. The van der Waals surface area contributed by atoms with Gasteiger partial charge in [-0.25, -0.2) is 0 Å². The van der Waals surface area contributed by atoms with Gasteiger partial charge < -0.3 is 9.80 Å². The van der Waals surface area contributed by atoms with Gasteiger partial charge in [-0.05, 0) is 37.8 Å². The van der Waals surface area contributed by atoms with Gasteiger partial charge in [0.1, 0.15) is 0 Å². The number of hydrogen-bond acceptors (Lipinski definition) is 3. The summed E-state index contributed by atoms with van der Waals surface area (Å²) in [4.78, 5) is 30.0. The number of amides is 2. The number of piperidine rings is 1. The molecule has 0 aromatic heterocycles. The van der Waals surface area contributed by atoms with Gasteiger partial charge in [-0.3, -0.25) is 9.59 Å². The van der Waals surface area contributed by atoms with Crippen LogP contribution < -0.4 is 0 Å². The van der Waals surface area contributed by atoms with Crippen LogP contribution in [-0.4, -0.2) is 53.5 Å². The normalized spacial score (nSPS) is 21.5. The van der Waals surface area contributed by atoms with Crippen LogP contribution in [0.25, 0.3) is 0 Å². The summed E-state index contributed by atoms with van der Waals surface area (Å²) in [5, 5.41) is 0. The second kappa shape index (κ2) is 7.86. The van der Waals surface area contributed by atoms with Gasteiger partial charge in [-0.15, -0.1) is 11.8 Å². The minimum atomic E-state index is 0.00697. The van der Waals surface area contributed by atoms with Gasteiger partial charge in [-0.1, -0.05) is 18.2 Å². The van der Waals surface area contributed by atoms with Crippen LogP contribution in [0.3, 0.4) is 0 Å². The highest BCUT2D eigenvalue weighted by atomic mass is 32.2. The highest BCUT2D eigenvalue weighted by Crippen LogP contribution is 2.23. The summed E-state index contributed by atoms with van der Waals surface area (Å²) in [6, 6.07) is 9.99. The van der Waals surface area contributed by atoms with Crippen molar-refractivity contribution in [3.63, 3.8) is 0 Å². The molecule has 4 nitrogen and oxygen atoms in total. The molecule has 0 aliphatic carbocycles. The Morgan fingerprint density at radius 2 is 1.70 bits per heavy atom. The van der Waals surface area contributed by atoms with Crippen molar-refractivity contribution < 1.29 is 9.59 Å². The third-order valence-corrected chi connectivity index (χ3v) is 5.64. The largest absolute Gasteiger partial charge is 0.342 e. The Kier molecular flexibility index (Phi) is 5.60. The number of carbonyl (C=O) groups excluding carboxylic acids is 2. The smallest absolute Gasteiger partial charge is 0.232 e. The summed E-state index contributed by atoms with van der Waals surface area (Å²) in [5.74, 6) is 0.871. The molecule has 0 radical (unpaired) electrons. The fraction of sp³-hybridized carbons (Fsp3) is 0.556. The molecule has 2 amide bonds. The zero-order valence-electron chi connectivity index (χ0n) is 13.4. The Morgan fingerprint density at radius 1 is 1.00 bits per heavy atom. The van der Waals surface area contributed by atoms with E-state index < -0.39 is 0 Å². The lowest BCUT2D eigenvalue weighted by Gasteiger charge is -2.34. The molecular weight excluding hydrogens is 308 g/mol. The Bertz CT molecular complexity index is 543. The van der Waals surface area contributed by atoms with E-state index in [0.29, 0.717) is 12.3 Å². The quantitative estimate of drug-likeness (QED) is 0.796. The molecule has 2 aliphatic heterocycles. The molecule has 3 rings (SSSR count). The molecule has 1 aromatic carbocycles. The van der Waals surface area contributed by atoms with Gasteiger partial charge in [-0.2, -0.15) is 0 Å².